The summed E-state index contributed by atoms with van der Waals surface area (Å²) in [5.41, 5.74) is 1.74. The molecule has 1 heterocycles. The Hall–Kier alpha value is -2.81. The van der Waals surface area contributed by atoms with Crippen LogP contribution in [0.5, 0.6) is 11.5 Å². The number of esters is 2. The van der Waals surface area contributed by atoms with Crippen molar-refractivity contribution in [3.8, 4) is 11.5 Å². The van der Waals surface area contributed by atoms with E-state index in [1.54, 1.807) is 32.0 Å². The minimum Gasteiger partial charge on any atom is -0.493 e. The third-order valence-corrected chi connectivity index (χ3v) is 4.07. The van der Waals surface area contributed by atoms with E-state index in [-0.39, 0.29) is 13.2 Å². The number of carbonyl (C=O) groups is 2. The van der Waals surface area contributed by atoms with Crippen LogP contribution in [0.2, 0.25) is 0 Å². The van der Waals surface area contributed by atoms with Gasteiger partial charge in [-0.3, -0.25) is 0 Å². The van der Waals surface area contributed by atoms with Crippen molar-refractivity contribution in [3.05, 3.63) is 35.0 Å². The van der Waals surface area contributed by atoms with Crippen LogP contribution in [0.1, 0.15) is 25.5 Å². The predicted molar refractivity (Wildman–Crippen MR) is 101 cm³/mol. The van der Waals surface area contributed by atoms with Gasteiger partial charge in [0.25, 0.3) is 0 Å². The van der Waals surface area contributed by atoms with Gasteiger partial charge in [-0.15, -0.1) is 0 Å². The van der Waals surface area contributed by atoms with Crippen LogP contribution in [0.3, 0.4) is 0 Å². The van der Waals surface area contributed by atoms with Gasteiger partial charge < -0.3 is 29.6 Å². The molecular formula is C18H22N2O6S. The summed E-state index contributed by atoms with van der Waals surface area (Å²) < 4.78 is 20.5. The predicted octanol–water partition coefficient (Wildman–Crippen LogP) is 1.60. The number of hydrogen-bond donors (Lipinski definition) is 2. The lowest BCUT2D eigenvalue weighted by molar-refractivity contribution is -0.145. The molecule has 0 saturated heterocycles. The van der Waals surface area contributed by atoms with Crippen LogP contribution in [-0.4, -0.2) is 44.5 Å². The van der Waals surface area contributed by atoms with E-state index in [9.17, 15) is 9.59 Å². The van der Waals surface area contributed by atoms with Crippen LogP contribution in [-0.2, 0) is 19.1 Å². The largest absolute Gasteiger partial charge is 0.493 e. The summed E-state index contributed by atoms with van der Waals surface area (Å²) in [5.74, 6) is -0.154. The fourth-order valence-electron chi connectivity index (χ4n) is 2.65. The molecule has 0 aliphatic carbocycles. The highest BCUT2D eigenvalue weighted by Gasteiger charge is 2.31. The molecule has 2 rings (SSSR count). The molecular weight excluding hydrogens is 372 g/mol. The number of nitrogens with one attached hydrogen (secondary N) is 2. The average Bonchev–Trinajstić information content (AvgIpc) is 2.65. The Labute approximate surface area is 162 Å². The van der Waals surface area contributed by atoms with Gasteiger partial charge >= 0.3 is 11.9 Å². The Balaban J connectivity index is 2.32. The van der Waals surface area contributed by atoms with Gasteiger partial charge in [0, 0.05) is 5.70 Å². The highest BCUT2D eigenvalue weighted by atomic mass is 32.1. The number of methoxy groups -OCH3 is 2. The van der Waals surface area contributed by atoms with Gasteiger partial charge in [-0.1, -0.05) is 6.07 Å². The highest BCUT2D eigenvalue weighted by molar-refractivity contribution is 7.80. The van der Waals surface area contributed by atoms with E-state index in [4.69, 9.17) is 31.2 Å². The van der Waals surface area contributed by atoms with Gasteiger partial charge in [0.2, 0.25) is 0 Å². The van der Waals surface area contributed by atoms with Crippen LogP contribution >= 0.6 is 12.2 Å². The number of rotatable bonds is 7. The van der Waals surface area contributed by atoms with Crippen LogP contribution in [0, 0.1) is 0 Å². The number of ether oxygens (including phenoxy) is 4. The Morgan fingerprint density at radius 2 is 1.96 bits per heavy atom. The topological polar surface area (TPSA) is 95.1 Å². The number of carbonyl (C=O) groups excluding carboxylic acids is 2. The molecule has 0 aromatic heterocycles. The standard InChI is InChI=1S/C18H22N2O6S/c1-5-25-14(21)9-26-12-7-6-11(8-13(12)23-3)16-15(17(22)24-4)10(2)19-18(27)20-16/h6-8,16H,5,9H2,1-4H3,(H2,19,20,27). The Morgan fingerprint density at radius 3 is 2.59 bits per heavy atom. The Morgan fingerprint density at radius 1 is 1.22 bits per heavy atom. The summed E-state index contributed by atoms with van der Waals surface area (Å²) in [5, 5.41) is 6.37. The molecule has 0 fully saturated rings. The first kappa shape index (κ1) is 20.5. The molecule has 1 aliphatic heterocycles. The van der Waals surface area contributed by atoms with Crippen molar-refractivity contribution in [1.29, 1.82) is 0 Å². The van der Waals surface area contributed by atoms with E-state index >= 15 is 0 Å². The minimum atomic E-state index is -0.515. The smallest absolute Gasteiger partial charge is 0.344 e. The maximum Gasteiger partial charge on any atom is 0.344 e. The van der Waals surface area contributed by atoms with Crippen molar-refractivity contribution >= 4 is 29.3 Å². The van der Waals surface area contributed by atoms with Gasteiger partial charge in [0.1, 0.15) is 0 Å². The third kappa shape index (κ3) is 4.88. The lowest BCUT2D eigenvalue weighted by Gasteiger charge is -2.30. The zero-order valence-corrected chi connectivity index (χ0v) is 16.4. The molecule has 0 saturated carbocycles. The first-order valence-electron chi connectivity index (χ1n) is 8.24. The monoisotopic (exact) mass is 394 g/mol. The van der Waals surface area contributed by atoms with E-state index in [1.165, 1.54) is 14.2 Å². The molecule has 0 amide bonds. The van der Waals surface area contributed by atoms with Gasteiger partial charge in [-0.25, -0.2) is 9.59 Å². The fourth-order valence-corrected chi connectivity index (χ4v) is 2.92. The van der Waals surface area contributed by atoms with Gasteiger partial charge in [0.05, 0.1) is 32.4 Å². The molecule has 146 valence electrons. The van der Waals surface area contributed by atoms with Crippen molar-refractivity contribution in [1.82, 2.24) is 10.6 Å². The highest BCUT2D eigenvalue weighted by Crippen LogP contribution is 2.34. The molecule has 27 heavy (non-hydrogen) atoms. The quantitative estimate of drug-likeness (QED) is 0.528. The third-order valence-electron chi connectivity index (χ3n) is 3.85. The number of benzene rings is 1. The van der Waals surface area contributed by atoms with E-state index in [1.807, 2.05) is 0 Å². The first-order valence-corrected chi connectivity index (χ1v) is 8.65. The molecule has 0 radical (unpaired) electrons. The molecule has 1 unspecified atom stereocenters. The van der Waals surface area contributed by atoms with E-state index in [2.05, 4.69) is 10.6 Å². The van der Waals surface area contributed by atoms with E-state index < -0.39 is 18.0 Å². The molecule has 0 spiro atoms. The van der Waals surface area contributed by atoms with Crippen molar-refractivity contribution < 1.29 is 28.5 Å². The second-order valence-corrected chi connectivity index (χ2v) is 5.97. The average molecular weight is 394 g/mol. The van der Waals surface area contributed by atoms with Crippen molar-refractivity contribution in [2.45, 2.75) is 19.9 Å². The summed E-state index contributed by atoms with van der Waals surface area (Å²) in [6.07, 6.45) is 0. The molecule has 8 nitrogen and oxygen atoms in total. The normalized spacial score (nSPS) is 16.1. The second kappa shape index (κ2) is 9.22. The molecule has 9 heteroatoms. The molecule has 1 aromatic carbocycles. The molecule has 0 bridgehead atoms. The van der Waals surface area contributed by atoms with Crippen molar-refractivity contribution in [2.75, 3.05) is 27.4 Å². The molecule has 1 aliphatic rings. The second-order valence-electron chi connectivity index (χ2n) is 5.57. The fraction of sp³-hybridized carbons (Fsp3) is 0.389. The maximum atomic E-state index is 12.2. The lowest BCUT2D eigenvalue weighted by Crippen LogP contribution is -2.45. The van der Waals surface area contributed by atoms with Crippen LogP contribution in [0.25, 0.3) is 0 Å². The van der Waals surface area contributed by atoms with Crippen LogP contribution in [0.15, 0.2) is 29.5 Å². The SMILES string of the molecule is CCOC(=O)COc1ccc(C2NC(=S)NC(C)=C2C(=O)OC)cc1OC. The van der Waals surface area contributed by atoms with E-state index in [0.29, 0.717) is 27.9 Å². The summed E-state index contributed by atoms with van der Waals surface area (Å²) >= 11 is 5.20. The molecule has 1 atom stereocenters. The van der Waals surface area contributed by atoms with Crippen molar-refractivity contribution in [2.24, 2.45) is 0 Å². The maximum absolute atomic E-state index is 12.2. The van der Waals surface area contributed by atoms with Gasteiger partial charge in [-0.2, -0.15) is 0 Å². The number of thiocarbonyl (C=S) groups is 1. The van der Waals surface area contributed by atoms with E-state index in [0.717, 1.165) is 5.56 Å². The summed E-state index contributed by atoms with van der Waals surface area (Å²) in [6, 6.07) is 4.61. The van der Waals surface area contributed by atoms with Crippen LogP contribution in [0.4, 0.5) is 0 Å². The van der Waals surface area contributed by atoms with Crippen LogP contribution < -0.4 is 20.1 Å². The summed E-state index contributed by atoms with van der Waals surface area (Å²) in [7, 11) is 2.80. The zero-order valence-electron chi connectivity index (χ0n) is 15.6. The Bertz CT molecular complexity index is 777. The lowest BCUT2D eigenvalue weighted by atomic mass is 9.95. The molecule has 1 aromatic rings. The summed E-state index contributed by atoms with van der Waals surface area (Å²) in [6.45, 7) is 3.52. The zero-order chi connectivity index (χ0) is 20.0. The van der Waals surface area contributed by atoms with Gasteiger partial charge in [0.15, 0.2) is 23.2 Å². The molecule has 2 N–H and O–H groups in total. The number of hydrogen-bond acceptors (Lipinski definition) is 7. The van der Waals surface area contributed by atoms with Gasteiger partial charge in [-0.05, 0) is 43.8 Å². The van der Waals surface area contributed by atoms with Crippen molar-refractivity contribution in [3.63, 3.8) is 0 Å². The Kier molecular flexibility index (Phi) is 7.00. The first-order chi connectivity index (χ1) is 12.9. The minimum absolute atomic E-state index is 0.231. The summed E-state index contributed by atoms with van der Waals surface area (Å²) in [4.78, 5) is 23.7. The number of allylic oxidation sites excluding steroid dienone is 1.